The van der Waals surface area contributed by atoms with Gasteiger partial charge in [-0.3, -0.25) is 14.3 Å². The standard InChI is InChI=1S/C23H23N5OS2/c1-16-7-3-4-10-20(16)28-21(18-8-5-12-24-15-18)26-27-23(28)31-17(2)22(29)25-13-11-19-9-6-14-30-19/h3-10,12,14-15,17H,11,13H2,1-2H3,(H,25,29). The number of para-hydroxylation sites is 1. The highest BCUT2D eigenvalue weighted by molar-refractivity contribution is 8.00. The van der Waals surface area contributed by atoms with E-state index in [1.807, 2.05) is 53.3 Å². The summed E-state index contributed by atoms with van der Waals surface area (Å²) in [5.41, 5.74) is 2.96. The van der Waals surface area contributed by atoms with Crippen LogP contribution in [0.15, 0.2) is 71.5 Å². The van der Waals surface area contributed by atoms with Crippen LogP contribution in [0, 0.1) is 6.92 Å². The van der Waals surface area contributed by atoms with Gasteiger partial charge in [0.15, 0.2) is 11.0 Å². The number of carbonyl (C=O) groups is 1. The highest BCUT2D eigenvalue weighted by atomic mass is 32.2. The van der Waals surface area contributed by atoms with Crippen molar-refractivity contribution in [2.75, 3.05) is 6.54 Å². The van der Waals surface area contributed by atoms with Gasteiger partial charge in [-0.05, 0) is 55.5 Å². The van der Waals surface area contributed by atoms with E-state index in [9.17, 15) is 4.79 Å². The molecule has 0 bridgehead atoms. The Morgan fingerprint density at radius 3 is 2.77 bits per heavy atom. The van der Waals surface area contributed by atoms with Gasteiger partial charge in [-0.15, -0.1) is 21.5 Å². The number of pyridine rings is 1. The summed E-state index contributed by atoms with van der Waals surface area (Å²) in [7, 11) is 0. The fraction of sp³-hybridized carbons (Fsp3) is 0.217. The minimum Gasteiger partial charge on any atom is -0.355 e. The zero-order valence-electron chi connectivity index (χ0n) is 17.4. The van der Waals surface area contributed by atoms with Crippen molar-refractivity contribution in [1.29, 1.82) is 0 Å². The first-order valence-corrected chi connectivity index (χ1v) is 11.8. The Kier molecular flexibility index (Phi) is 6.79. The number of aromatic nitrogens is 4. The molecule has 0 saturated carbocycles. The first-order valence-electron chi connectivity index (χ1n) is 10.0. The SMILES string of the molecule is Cc1ccccc1-n1c(SC(C)C(=O)NCCc2cccs2)nnc1-c1cccnc1. The van der Waals surface area contributed by atoms with E-state index in [0.717, 1.165) is 23.2 Å². The molecule has 4 rings (SSSR count). The summed E-state index contributed by atoms with van der Waals surface area (Å²) in [6.07, 6.45) is 4.34. The lowest BCUT2D eigenvalue weighted by atomic mass is 10.2. The largest absolute Gasteiger partial charge is 0.355 e. The first kappa shape index (κ1) is 21.3. The van der Waals surface area contributed by atoms with Gasteiger partial charge in [0.1, 0.15) is 0 Å². The van der Waals surface area contributed by atoms with Crippen molar-refractivity contribution in [3.8, 4) is 17.1 Å². The van der Waals surface area contributed by atoms with Crippen LogP contribution in [0.4, 0.5) is 0 Å². The van der Waals surface area contributed by atoms with Gasteiger partial charge in [0.25, 0.3) is 0 Å². The second-order valence-electron chi connectivity index (χ2n) is 7.05. The number of aryl methyl sites for hydroxylation is 1. The molecule has 0 aliphatic heterocycles. The molecule has 4 aromatic rings. The highest BCUT2D eigenvalue weighted by Gasteiger charge is 2.22. The molecule has 158 valence electrons. The number of hydrogen-bond donors (Lipinski definition) is 1. The maximum absolute atomic E-state index is 12.7. The molecular formula is C23H23N5OS2. The third-order valence-corrected chi connectivity index (χ3v) is 6.79. The maximum atomic E-state index is 12.7. The highest BCUT2D eigenvalue weighted by Crippen LogP contribution is 2.31. The molecule has 1 unspecified atom stereocenters. The predicted octanol–water partition coefficient (Wildman–Crippen LogP) is 4.54. The molecule has 31 heavy (non-hydrogen) atoms. The molecule has 1 atom stereocenters. The minimum atomic E-state index is -0.308. The van der Waals surface area contributed by atoms with E-state index in [1.54, 1.807) is 23.7 Å². The van der Waals surface area contributed by atoms with E-state index in [-0.39, 0.29) is 11.2 Å². The van der Waals surface area contributed by atoms with Crippen LogP contribution >= 0.6 is 23.1 Å². The Morgan fingerprint density at radius 2 is 2.03 bits per heavy atom. The van der Waals surface area contributed by atoms with Gasteiger partial charge in [0, 0.05) is 29.4 Å². The molecule has 1 N–H and O–H groups in total. The Balaban J connectivity index is 1.56. The summed E-state index contributed by atoms with van der Waals surface area (Å²) in [4.78, 5) is 18.2. The number of hydrogen-bond acceptors (Lipinski definition) is 6. The molecule has 0 spiro atoms. The van der Waals surface area contributed by atoms with Crippen molar-refractivity contribution in [3.05, 3.63) is 76.7 Å². The van der Waals surface area contributed by atoms with Crippen molar-refractivity contribution in [2.45, 2.75) is 30.7 Å². The third kappa shape index (κ3) is 5.03. The van der Waals surface area contributed by atoms with Crippen molar-refractivity contribution < 1.29 is 4.79 Å². The molecule has 0 saturated heterocycles. The lowest BCUT2D eigenvalue weighted by Gasteiger charge is -2.15. The van der Waals surface area contributed by atoms with Crippen LogP contribution in [-0.2, 0) is 11.2 Å². The number of thioether (sulfide) groups is 1. The summed E-state index contributed by atoms with van der Waals surface area (Å²) in [5.74, 6) is 0.694. The molecule has 0 aliphatic carbocycles. The number of nitrogens with one attached hydrogen (secondary N) is 1. The van der Waals surface area contributed by atoms with E-state index < -0.39 is 0 Å². The Hall–Kier alpha value is -2.97. The second kappa shape index (κ2) is 9.89. The minimum absolute atomic E-state index is 0.0104. The van der Waals surface area contributed by atoms with Crippen LogP contribution in [0.1, 0.15) is 17.4 Å². The van der Waals surface area contributed by atoms with E-state index in [0.29, 0.717) is 17.5 Å². The monoisotopic (exact) mass is 449 g/mol. The van der Waals surface area contributed by atoms with Crippen LogP contribution in [-0.4, -0.2) is 37.5 Å². The van der Waals surface area contributed by atoms with Crippen LogP contribution in [0.25, 0.3) is 17.1 Å². The Bertz CT molecular complexity index is 1140. The summed E-state index contributed by atoms with van der Waals surface area (Å²) >= 11 is 3.11. The second-order valence-corrected chi connectivity index (χ2v) is 9.39. The zero-order valence-corrected chi connectivity index (χ0v) is 19.0. The number of nitrogens with zero attached hydrogens (tertiary/aromatic N) is 4. The van der Waals surface area contributed by atoms with Crippen molar-refractivity contribution in [1.82, 2.24) is 25.1 Å². The number of amides is 1. The molecule has 3 heterocycles. The predicted molar refractivity (Wildman–Crippen MR) is 126 cm³/mol. The van der Waals surface area contributed by atoms with Gasteiger partial charge >= 0.3 is 0 Å². The van der Waals surface area contributed by atoms with Crippen LogP contribution < -0.4 is 5.32 Å². The van der Waals surface area contributed by atoms with Crippen molar-refractivity contribution in [3.63, 3.8) is 0 Å². The molecule has 0 fully saturated rings. The lowest BCUT2D eigenvalue weighted by Crippen LogP contribution is -2.32. The van der Waals surface area contributed by atoms with Crippen molar-refractivity contribution >= 4 is 29.0 Å². The molecule has 8 heteroatoms. The van der Waals surface area contributed by atoms with E-state index >= 15 is 0 Å². The van der Waals surface area contributed by atoms with Gasteiger partial charge in [-0.25, -0.2) is 0 Å². The van der Waals surface area contributed by atoms with Gasteiger partial charge in [0.2, 0.25) is 5.91 Å². The zero-order chi connectivity index (χ0) is 21.6. The molecule has 6 nitrogen and oxygen atoms in total. The number of rotatable bonds is 8. The molecule has 0 aliphatic rings. The van der Waals surface area contributed by atoms with Gasteiger partial charge < -0.3 is 5.32 Å². The Morgan fingerprint density at radius 1 is 1.16 bits per heavy atom. The first-order chi connectivity index (χ1) is 15.1. The van der Waals surface area contributed by atoms with Crippen molar-refractivity contribution in [2.24, 2.45) is 0 Å². The summed E-state index contributed by atoms with van der Waals surface area (Å²) in [5, 5.41) is 14.3. The smallest absolute Gasteiger partial charge is 0.233 e. The molecule has 3 aromatic heterocycles. The molecule has 1 amide bonds. The quantitative estimate of drug-likeness (QED) is 0.400. The number of carbonyl (C=O) groups excluding carboxylic acids is 1. The lowest BCUT2D eigenvalue weighted by molar-refractivity contribution is -0.120. The summed E-state index contributed by atoms with van der Waals surface area (Å²) in [6.45, 7) is 4.57. The van der Waals surface area contributed by atoms with Gasteiger partial charge in [-0.2, -0.15) is 0 Å². The van der Waals surface area contributed by atoms with E-state index in [1.165, 1.54) is 16.6 Å². The maximum Gasteiger partial charge on any atom is 0.233 e. The normalized spacial score (nSPS) is 11.9. The van der Waals surface area contributed by atoms with Crippen LogP contribution in [0.5, 0.6) is 0 Å². The average Bonchev–Trinajstić information content (AvgIpc) is 3.45. The molecular weight excluding hydrogens is 426 g/mol. The topological polar surface area (TPSA) is 72.7 Å². The third-order valence-electron chi connectivity index (χ3n) is 4.81. The van der Waals surface area contributed by atoms with Crippen LogP contribution in [0.3, 0.4) is 0 Å². The fourth-order valence-electron chi connectivity index (χ4n) is 3.18. The molecule has 0 radical (unpaired) electrons. The summed E-state index contributed by atoms with van der Waals surface area (Å²) < 4.78 is 2.01. The fourth-order valence-corrected chi connectivity index (χ4v) is 4.77. The number of benzene rings is 1. The molecule has 1 aromatic carbocycles. The summed E-state index contributed by atoms with van der Waals surface area (Å²) in [6, 6.07) is 16.0. The van der Waals surface area contributed by atoms with Gasteiger partial charge in [-0.1, -0.05) is 36.0 Å². The van der Waals surface area contributed by atoms with E-state index in [2.05, 4.69) is 39.6 Å². The number of thiophene rings is 1. The van der Waals surface area contributed by atoms with E-state index in [4.69, 9.17) is 0 Å². The Labute approximate surface area is 189 Å². The average molecular weight is 450 g/mol. The van der Waals surface area contributed by atoms with Gasteiger partial charge in [0.05, 0.1) is 10.9 Å². The van der Waals surface area contributed by atoms with Crippen LogP contribution in [0.2, 0.25) is 0 Å².